The molecule has 1 aromatic rings. The van der Waals surface area contributed by atoms with Gasteiger partial charge in [-0.3, -0.25) is 9.69 Å². The third-order valence-corrected chi connectivity index (χ3v) is 3.40. The molecule has 1 aliphatic heterocycles. The predicted molar refractivity (Wildman–Crippen MR) is 77.0 cm³/mol. The Morgan fingerprint density at radius 2 is 2.19 bits per heavy atom. The minimum absolute atomic E-state index is 0.122. The lowest BCUT2D eigenvalue weighted by atomic mass is 10.4. The quantitative estimate of drug-likeness (QED) is 0.721. The first kappa shape index (κ1) is 15.7. The van der Waals surface area contributed by atoms with Crippen LogP contribution in [0.3, 0.4) is 0 Å². The number of nitrogens with zero attached hydrogens (tertiary/aromatic N) is 5. The second-order valence-electron chi connectivity index (χ2n) is 5.32. The van der Waals surface area contributed by atoms with Crippen LogP contribution < -0.4 is 4.90 Å². The molecule has 2 rings (SSSR count). The molecule has 21 heavy (non-hydrogen) atoms. The Labute approximate surface area is 124 Å². The van der Waals surface area contributed by atoms with Crippen molar-refractivity contribution in [2.45, 2.75) is 13.0 Å². The molecule has 1 aliphatic rings. The number of ether oxygens (including phenoxy) is 1. The van der Waals surface area contributed by atoms with Crippen molar-refractivity contribution < 1.29 is 14.1 Å². The van der Waals surface area contributed by atoms with Crippen molar-refractivity contribution >= 4 is 11.9 Å². The van der Waals surface area contributed by atoms with Gasteiger partial charge < -0.3 is 19.1 Å². The molecule has 0 aliphatic carbocycles. The average molecular weight is 297 g/mol. The second-order valence-corrected chi connectivity index (χ2v) is 5.32. The third kappa shape index (κ3) is 4.40. The SMILES string of the molecule is COCCN1CCCN(Cc2nc(N(C)C)no2)CC1=O. The van der Waals surface area contributed by atoms with E-state index in [1.807, 2.05) is 23.9 Å². The minimum atomic E-state index is 0.122. The van der Waals surface area contributed by atoms with Crippen LogP contribution in [0.1, 0.15) is 12.3 Å². The lowest BCUT2D eigenvalue weighted by molar-refractivity contribution is -0.131. The van der Waals surface area contributed by atoms with Gasteiger partial charge in [0.15, 0.2) is 0 Å². The van der Waals surface area contributed by atoms with Crippen molar-refractivity contribution in [2.24, 2.45) is 0 Å². The molecule has 1 aromatic heterocycles. The van der Waals surface area contributed by atoms with E-state index in [1.165, 1.54) is 0 Å². The molecule has 0 aromatic carbocycles. The van der Waals surface area contributed by atoms with E-state index in [9.17, 15) is 4.79 Å². The van der Waals surface area contributed by atoms with Gasteiger partial charge in [-0.05, 0) is 11.6 Å². The van der Waals surface area contributed by atoms with E-state index in [-0.39, 0.29) is 5.91 Å². The Morgan fingerprint density at radius 3 is 2.86 bits per heavy atom. The summed E-state index contributed by atoms with van der Waals surface area (Å²) in [6.45, 7) is 3.71. The maximum atomic E-state index is 12.2. The number of rotatable bonds is 6. The van der Waals surface area contributed by atoms with Gasteiger partial charge in [-0.1, -0.05) is 0 Å². The van der Waals surface area contributed by atoms with Crippen LogP contribution >= 0.6 is 0 Å². The van der Waals surface area contributed by atoms with Gasteiger partial charge in [-0.15, -0.1) is 0 Å². The zero-order valence-corrected chi connectivity index (χ0v) is 12.9. The van der Waals surface area contributed by atoms with Crippen LogP contribution in [0.5, 0.6) is 0 Å². The topological polar surface area (TPSA) is 74.9 Å². The van der Waals surface area contributed by atoms with Gasteiger partial charge in [0.05, 0.1) is 19.7 Å². The Bertz CT molecular complexity index is 462. The maximum absolute atomic E-state index is 12.2. The van der Waals surface area contributed by atoms with Crippen LogP contribution in [0.25, 0.3) is 0 Å². The van der Waals surface area contributed by atoms with Gasteiger partial charge in [0.1, 0.15) is 0 Å². The summed E-state index contributed by atoms with van der Waals surface area (Å²) < 4.78 is 10.2. The third-order valence-electron chi connectivity index (χ3n) is 3.40. The van der Waals surface area contributed by atoms with Crippen LogP contribution in [-0.2, 0) is 16.1 Å². The highest BCUT2D eigenvalue weighted by atomic mass is 16.5. The predicted octanol–water partition coefficient (Wildman–Crippen LogP) is -0.184. The van der Waals surface area contributed by atoms with Crippen LogP contribution in [0.2, 0.25) is 0 Å². The molecule has 8 nitrogen and oxygen atoms in total. The molecule has 0 atom stereocenters. The van der Waals surface area contributed by atoms with Crippen molar-refractivity contribution in [1.82, 2.24) is 19.9 Å². The number of carbonyl (C=O) groups is 1. The maximum Gasteiger partial charge on any atom is 0.265 e. The van der Waals surface area contributed by atoms with Gasteiger partial charge in [0, 0.05) is 40.8 Å². The summed E-state index contributed by atoms with van der Waals surface area (Å²) in [4.78, 5) is 22.2. The first-order valence-corrected chi connectivity index (χ1v) is 7.09. The normalized spacial score (nSPS) is 17.1. The first-order chi connectivity index (χ1) is 10.1. The van der Waals surface area contributed by atoms with Crippen LogP contribution in [0, 0.1) is 0 Å². The molecule has 1 fully saturated rings. The number of hydrogen-bond acceptors (Lipinski definition) is 7. The van der Waals surface area contributed by atoms with Crippen molar-refractivity contribution in [3.05, 3.63) is 5.89 Å². The molecule has 0 bridgehead atoms. The van der Waals surface area contributed by atoms with Crippen molar-refractivity contribution in [2.75, 3.05) is 58.9 Å². The van der Waals surface area contributed by atoms with Crippen molar-refractivity contribution in [1.29, 1.82) is 0 Å². The molecule has 8 heteroatoms. The summed E-state index contributed by atoms with van der Waals surface area (Å²) in [5.74, 6) is 1.21. The zero-order chi connectivity index (χ0) is 15.2. The summed E-state index contributed by atoms with van der Waals surface area (Å²) in [6, 6.07) is 0. The Balaban J connectivity index is 1.90. The number of anilines is 1. The molecular formula is C13H23N5O3. The average Bonchev–Trinajstić information content (AvgIpc) is 2.83. The van der Waals surface area contributed by atoms with Crippen LogP contribution in [-0.4, -0.2) is 79.8 Å². The number of carbonyl (C=O) groups excluding carboxylic acids is 1. The van der Waals surface area contributed by atoms with Crippen molar-refractivity contribution in [3.8, 4) is 0 Å². The molecule has 0 unspecified atom stereocenters. The summed E-state index contributed by atoms with van der Waals surface area (Å²) in [5.41, 5.74) is 0. The van der Waals surface area contributed by atoms with E-state index in [4.69, 9.17) is 9.26 Å². The summed E-state index contributed by atoms with van der Waals surface area (Å²) in [6.07, 6.45) is 0.935. The Kier molecular flexibility index (Phi) is 5.51. The minimum Gasteiger partial charge on any atom is -0.383 e. The van der Waals surface area contributed by atoms with Crippen LogP contribution in [0.4, 0.5) is 5.95 Å². The van der Waals surface area contributed by atoms with E-state index in [0.717, 1.165) is 19.5 Å². The standard InChI is InChI=1S/C13H23N5O3/c1-16(2)13-14-11(21-15-13)9-17-5-4-6-18(7-8-20-3)12(19)10-17/h4-10H2,1-3H3. The number of methoxy groups -OCH3 is 1. The Morgan fingerprint density at radius 1 is 1.38 bits per heavy atom. The van der Waals surface area contributed by atoms with E-state index in [1.54, 1.807) is 12.0 Å². The highest BCUT2D eigenvalue weighted by Gasteiger charge is 2.23. The van der Waals surface area contributed by atoms with E-state index in [2.05, 4.69) is 10.1 Å². The molecule has 0 saturated carbocycles. The van der Waals surface area contributed by atoms with E-state index < -0.39 is 0 Å². The fourth-order valence-electron chi connectivity index (χ4n) is 2.24. The highest BCUT2D eigenvalue weighted by Crippen LogP contribution is 2.11. The number of hydrogen-bond donors (Lipinski definition) is 0. The number of aromatic nitrogens is 2. The van der Waals surface area contributed by atoms with Crippen molar-refractivity contribution in [3.63, 3.8) is 0 Å². The second kappa shape index (κ2) is 7.37. The lowest BCUT2D eigenvalue weighted by Crippen LogP contribution is -2.38. The fourth-order valence-corrected chi connectivity index (χ4v) is 2.24. The highest BCUT2D eigenvalue weighted by molar-refractivity contribution is 5.78. The zero-order valence-electron chi connectivity index (χ0n) is 12.9. The fraction of sp³-hybridized carbons (Fsp3) is 0.769. The van der Waals surface area contributed by atoms with Gasteiger partial charge in [-0.25, -0.2) is 0 Å². The molecule has 118 valence electrons. The smallest absolute Gasteiger partial charge is 0.265 e. The van der Waals surface area contributed by atoms with E-state index in [0.29, 0.717) is 38.1 Å². The molecule has 1 saturated heterocycles. The van der Waals surface area contributed by atoms with E-state index >= 15 is 0 Å². The molecule has 2 heterocycles. The molecular weight excluding hydrogens is 274 g/mol. The van der Waals surface area contributed by atoms with Gasteiger partial charge >= 0.3 is 0 Å². The molecule has 0 spiro atoms. The van der Waals surface area contributed by atoms with Crippen LogP contribution in [0.15, 0.2) is 4.52 Å². The van der Waals surface area contributed by atoms with Gasteiger partial charge in [0.2, 0.25) is 11.8 Å². The first-order valence-electron chi connectivity index (χ1n) is 7.09. The summed E-state index contributed by atoms with van der Waals surface area (Å²) in [5, 5.41) is 3.88. The monoisotopic (exact) mass is 297 g/mol. The van der Waals surface area contributed by atoms with Gasteiger partial charge in [-0.2, -0.15) is 4.98 Å². The Hall–Kier alpha value is -1.67. The summed E-state index contributed by atoms with van der Waals surface area (Å²) in [7, 11) is 5.36. The van der Waals surface area contributed by atoms with Gasteiger partial charge in [0.25, 0.3) is 5.95 Å². The molecule has 1 amide bonds. The molecule has 0 radical (unpaired) electrons. The lowest BCUT2D eigenvalue weighted by Gasteiger charge is -2.20. The summed E-state index contributed by atoms with van der Waals surface area (Å²) >= 11 is 0. The largest absolute Gasteiger partial charge is 0.383 e. The molecule has 0 N–H and O–H groups in total. The number of amides is 1.